The number of benzene rings is 1. The van der Waals surface area contributed by atoms with Crippen LogP contribution in [0.3, 0.4) is 0 Å². The number of hydrogen-bond acceptors (Lipinski definition) is 0. The van der Waals surface area contributed by atoms with Crippen molar-refractivity contribution >= 4 is 0 Å². The second-order valence-corrected chi connectivity index (χ2v) is 5.73. The Hall–Kier alpha value is -1.06. The van der Waals surface area contributed by atoms with Crippen LogP contribution in [0.1, 0.15) is 57.1 Å². The van der Waals surface area contributed by atoms with Crippen LogP contribution in [-0.2, 0) is 12.3 Å². The zero-order valence-corrected chi connectivity index (χ0v) is 12.6. The highest BCUT2D eigenvalue weighted by Crippen LogP contribution is 2.52. The van der Waals surface area contributed by atoms with Crippen molar-refractivity contribution in [2.75, 3.05) is 0 Å². The molecular weight excluding hydrogens is 280 g/mol. The molecule has 0 nitrogen and oxygen atoms in total. The topological polar surface area (TPSA) is 0 Å². The number of rotatable bonds is 1. The van der Waals surface area contributed by atoms with Gasteiger partial charge in [-0.1, -0.05) is 39.2 Å². The third kappa shape index (κ3) is 2.82. The van der Waals surface area contributed by atoms with Crippen molar-refractivity contribution in [3.8, 4) is 0 Å². The first kappa shape index (κ1) is 16.3. The van der Waals surface area contributed by atoms with Gasteiger partial charge in [0.05, 0.1) is 5.56 Å². The molecule has 0 amide bonds. The lowest BCUT2D eigenvalue weighted by Crippen LogP contribution is -2.30. The van der Waals surface area contributed by atoms with E-state index in [-0.39, 0.29) is 17.9 Å². The number of alkyl halides is 2. The van der Waals surface area contributed by atoms with Gasteiger partial charge in [-0.2, -0.15) is 0 Å². The molecule has 0 bridgehead atoms. The Kier molecular flexibility index (Phi) is 4.95. The van der Waals surface area contributed by atoms with Gasteiger partial charge in [0.1, 0.15) is 0 Å². The lowest BCUT2D eigenvalue weighted by Gasteiger charge is -2.31. The van der Waals surface area contributed by atoms with Crippen LogP contribution in [0.2, 0.25) is 0 Å². The van der Waals surface area contributed by atoms with E-state index in [0.717, 1.165) is 38.2 Å². The highest BCUT2D eigenvalue weighted by Gasteiger charge is 2.53. The Bertz CT molecular complexity index is 490. The van der Waals surface area contributed by atoms with E-state index in [9.17, 15) is 17.6 Å². The maximum atomic E-state index is 14.4. The summed E-state index contributed by atoms with van der Waals surface area (Å²) in [6.07, 6.45) is 4.74. The van der Waals surface area contributed by atoms with Crippen LogP contribution in [0.15, 0.2) is 12.1 Å². The van der Waals surface area contributed by atoms with E-state index in [2.05, 4.69) is 0 Å². The van der Waals surface area contributed by atoms with E-state index in [1.807, 2.05) is 13.8 Å². The van der Waals surface area contributed by atoms with E-state index in [1.54, 1.807) is 0 Å². The second kappa shape index (κ2) is 6.37. The highest BCUT2D eigenvalue weighted by molar-refractivity contribution is 5.39. The van der Waals surface area contributed by atoms with Crippen LogP contribution in [0.5, 0.6) is 0 Å². The number of halogens is 4. The number of hydrogen-bond donors (Lipinski definition) is 0. The lowest BCUT2D eigenvalue weighted by molar-refractivity contribution is -0.0822. The SMILES string of the molecule is CC.Fc1ccc2c(c1F)C(F)(F)C(C1CCCCC1)C2. The molecule has 1 aromatic carbocycles. The average Bonchev–Trinajstić information content (AvgIpc) is 2.78. The van der Waals surface area contributed by atoms with E-state index in [4.69, 9.17) is 0 Å². The largest absolute Gasteiger partial charge is 0.279 e. The average molecular weight is 302 g/mol. The minimum absolute atomic E-state index is 0.0707. The fraction of sp³-hybridized carbons (Fsp3) is 0.647. The molecule has 118 valence electrons. The Morgan fingerprint density at radius 2 is 1.62 bits per heavy atom. The van der Waals surface area contributed by atoms with Crippen LogP contribution in [-0.4, -0.2) is 0 Å². The number of fused-ring (bicyclic) bond motifs is 1. The molecule has 0 N–H and O–H groups in total. The van der Waals surface area contributed by atoms with Gasteiger partial charge in [0.2, 0.25) is 0 Å². The molecule has 0 saturated heterocycles. The van der Waals surface area contributed by atoms with Crippen LogP contribution < -0.4 is 0 Å². The maximum absolute atomic E-state index is 14.4. The molecule has 0 radical (unpaired) electrons. The first-order valence-electron chi connectivity index (χ1n) is 7.87. The Labute approximate surface area is 123 Å². The fourth-order valence-corrected chi connectivity index (χ4v) is 3.67. The van der Waals surface area contributed by atoms with Crippen molar-refractivity contribution in [2.24, 2.45) is 11.8 Å². The van der Waals surface area contributed by atoms with Crippen molar-refractivity contribution in [2.45, 2.75) is 58.3 Å². The summed E-state index contributed by atoms with van der Waals surface area (Å²) in [7, 11) is 0. The lowest BCUT2D eigenvalue weighted by atomic mass is 9.77. The first-order valence-corrected chi connectivity index (χ1v) is 7.87. The summed E-state index contributed by atoms with van der Waals surface area (Å²) >= 11 is 0. The summed E-state index contributed by atoms with van der Waals surface area (Å²) in [4.78, 5) is 0. The summed E-state index contributed by atoms with van der Waals surface area (Å²) in [6, 6.07) is 2.26. The molecule has 0 aliphatic heterocycles. The molecule has 0 heterocycles. The molecule has 2 aliphatic carbocycles. The van der Waals surface area contributed by atoms with Crippen molar-refractivity contribution < 1.29 is 17.6 Å². The van der Waals surface area contributed by atoms with E-state index >= 15 is 0 Å². The molecule has 21 heavy (non-hydrogen) atoms. The van der Waals surface area contributed by atoms with Gasteiger partial charge >= 0.3 is 0 Å². The van der Waals surface area contributed by atoms with Gasteiger partial charge < -0.3 is 0 Å². The molecule has 1 atom stereocenters. The Balaban J connectivity index is 0.000000774. The summed E-state index contributed by atoms with van der Waals surface area (Å²) < 4.78 is 55.7. The van der Waals surface area contributed by atoms with Crippen LogP contribution in [0.4, 0.5) is 17.6 Å². The van der Waals surface area contributed by atoms with Crippen molar-refractivity contribution in [1.29, 1.82) is 0 Å². The molecule has 0 spiro atoms. The van der Waals surface area contributed by atoms with Crippen molar-refractivity contribution in [3.63, 3.8) is 0 Å². The quantitative estimate of drug-likeness (QED) is 0.572. The monoisotopic (exact) mass is 302 g/mol. The molecular formula is C17H22F4. The molecule has 1 aromatic rings. The van der Waals surface area contributed by atoms with Crippen LogP contribution in [0, 0.1) is 23.5 Å². The Morgan fingerprint density at radius 3 is 2.24 bits per heavy atom. The summed E-state index contributed by atoms with van der Waals surface area (Å²) in [5, 5.41) is 0. The molecule has 1 saturated carbocycles. The normalized spacial score (nSPS) is 24.2. The molecule has 1 unspecified atom stereocenters. The fourth-order valence-electron chi connectivity index (χ4n) is 3.67. The van der Waals surface area contributed by atoms with Gasteiger partial charge in [-0.15, -0.1) is 0 Å². The van der Waals surface area contributed by atoms with Crippen LogP contribution >= 0.6 is 0 Å². The maximum Gasteiger partial charge on any atom is 0.279 e. The van der Waals surface area contributed by atoms with Crippen LogP contribution in [0.25, 0.3) is 0 Å². The van der Waals surface area contributed by atoms with E-state index in [0.29, 0.717) is 0 Å². The minimum atomic E-state index is -3.23. The zero-order valence-electron chi connectivity index (χ0n) is 12.6. The van der Waals surface area contributed by atoms with E-state index < -0.39 is 29.0 Å². The predicted molar refractivity (Wildman–Crippen MR) is 75.4 cm³/mol. The van der Waals surface area contributed by atoms with Gasteiger partial charge in [0.25, 0.3) is 5.92 Å². The molecule has 2 aliphatic rings. The smallest absolute Gasteiger partial charge is 0.204 e. The first-order chi connectivity index (χ1) is 10.0. The third-order valence-corrected chi connectivity index (χ3v) is 4.64. The summed E-state index contributed by atoms with van der Waals surface area (Å²) in [5.41, 5.74) is -0.414. The Morgan fingerprint density at radius 1 is 1.00 bits per heavy atom. The van der Waals surface area contributed by atoms with Gasteiger partial charge in [-0.3, -0.25) is 0 Å². The molecule has 0 aromatic heterocycles. The molecule has 3 rings (SSSR count). The second-order valence-electron chi connectivity index (χ2n) is 5.73. The standard InChI is InChI=1S/C15H16F4.C2H6/c16-12-7-6-10-8-11(9-4-2-1-3-5-9)15(18,19)13(10)14(12)17;1-2/h6-7,9,11H,1-5,8H2;1-2H3. The predicted octanol–water partition coefficient (Wildman–Crippen LogP) is 5.84. The van der Waals surface area contributed by atoms with Crippen molar-refractivity contribution in [1.82, 2.24) is 0 Å². The summed E-state index contributed by atoms with van der Waals surface area (Å²) in [6.45, 7) is 4.00. The van der Waals surface area contributed by atoms with Gasteiger partial charge in [-0.05, 0) is 36.8 Å². The van der Waals surface area contributed by atoms with Gasteiger partial charge in [0.15, 0.2) is 11.6 Å². The minimum Gasteiger partial charge on any atom is -0.204 e. The van der Waals surface area contributed by atoms with Crippen molar-refractivity contribution in [3.05, 3.63) is 34.9 Å². The van der Waals surface area contributed by atoms with Gasteiger partial charge in [-0.25, -0.2) is 17.6 Å². The summed E-state index contributed by atoms with van der Waals surface area (Å²) in [5.74, 6) is -6.70. The molecule has 1 fully saturated rings. The van der Waals surface area contributed by atoms with E-state index in [1.165, 1.54) is 6.07 Å². The zero-order chi connectivity index (χ0) is 15.6. The highest BCUT2D eigenvalue weighted by atomic mass is 19.3. The molecule has 4 heteroatoms. The third-order valence-electron chi connectivity index (χ3n) is 4.64. The van der Waals surface area contributed by atoms with Gasteiger partial charge in [0, 0.05) is 5.92 Å².